The van der Waals surface area contributed by atoms with E-state index in [1.807, 2.05) is 18.3 Å². The maximum atomic E-state index is 13.3. The van der Waals surface area contributed by atoms with Crippen LogP contribution in [0, 0.1) is 0 Å². The molecular weight excluding hydrogens is 482 g/mol. The first-order valence-corrected chi connectivity index (χ1v) is 16.0. The predicted octanol–water partition coefficient (Wildman–Crippen LogP) is 3.92. The van der Waals surface area contributed by atoms with Crippen molar-refractivity contribution in [1.82, 2.24) is 19.3 Å². The lowest BCUT2D eigenvalue weighted by Gasteiger charge is -2.17. The van der Waals surface area contributed by atoms with Crippen molar-refractivity contribution in [2.45, 2.75) is 38.3 Å². The first kappa shape index (κ1) is 23.6. The second-order valence-electron chi connectivity index (χ2n) is 10.0. The van der Waals surface area contributed by atoms with Gasteiger partial charge in [-0.1, -0.05) is 37.8 Å². The normalized spacial score (nSPS) is 15.4. The quantitative estimate of drug-likeness (QED) is 0.285. The third kappa shape index (κ3) is 4.35. The Labute approximate surface area is 206 Å². The standard InChI is InChI=1S/C24H27N5O4SSi/c1-28-19-17(20-21(28)27-22(34-20)24(31)32)11-26-29(23(19)30)12-14-6-5-7-15-16(14)10-25-18(15)13-33-8-9-35(2,3)4/h5-7,10-11,18H,8-9,12-13H2,1-4H3,(H,31,32). The molecule has 1 aromatic carbocycles. The third-order valence-corrected chi connectivity index (χ3v) is 9.04. The van der Waals surface area contributed by atoms with Gasteiger partial charge in [0, 0.05) is 38.9 Å². The van der Waals surface area contributed by atoms with Crippen molar-refractivity contribution in [2.24, 2.45) is 12.0 Å². The molecule has 0 spiro atoms. The van der Waals surface area contributed by atoms with Gasteiger partial charge in [-0.15, -0.1) is 11.3 Å². The van der Waals surface area contributed by atoms with Gasteiger partial charge in [0.2, 0.25) is 5.01 Å². The van der Waals surface area contributed by atoms with Gasteiger partial charge in [-0.25, -0.2) is 14.5 Å². The van der Waals surface area contributed by atoms with Gasteiger partial charge in [0.05, 0.1) is 30.1 Å². The van der Waals surface area contributed by atoms with Gasteiger partial charge >= 0.3 is 5.97 Å². The number of carboxylic acid groups (broad SMARTS) is 1. The molecule has 0 fully saturated rings. The smallest absolute Gasteiger partial charge is 0.365 e. The van der Waals surface area contributed by atoms with Crippen LogP contribution in [0.3, 0.4) is 0 Å². The Morgan fingerprint density at radius 3 is 2.83 bits per heavy atom. The van der Waals surface area contributed by atoms with Crippen LogP contribution in [-0.4, -0.2) is 57.9 Å². The molecule has 0 bridgehead atoms. The Kier molecular flexibility index (Phi) is 5.94. The van der Waals surface area contributed by atoms with E-state index < -0.39 is 14.0 Å². The molecule has 11 heteroatoms. The number of benzene rings is 1. The van der Waals surface area contributed by atoms with Gasteiger partial charge in [-0.3, -0.25) is 9.79 Å². The SMILES string of the molecule is Cn1c2nc(C(=O)O)sc2c2cnn(Cc3cccc4c3C=NC4COCC[Si](C)(C)C)c(=O)c21. The van der Waals surface area contributed by atoms with E-state index in [0.717, 1.165) is 40.7 Å². The zero-order chi connectivity index (χ0) is 24.9. The molecule has 4 aromatic rings. The van der Waals surface area contributed by atoms with Crippen LogP contribution in [0.4, 0.5) is 0 Å². The van der Waals surface area contributed by atoms with Crippen LogP contribution in [0.5, 0.6) is 0 Å². The van der Waals surface area contributed by atoms with Crippen molar-refractivity contribution < 1.29 is 14.6 Å². The Morgan fingerprint density at radius 2 is 2.09 bits per heavy atom. The molecule has 1 aliphatic heterocycles. The number of thiazole rings is 1. The first-order chi connectivity index (χ1) is 16.6. The fourth-order valence-electron chi connectivity index (χ4n) is 4.32. The van der Waals surface area contributed by atoms with Crippen molar-refractivity contribution >= 4 is 52.8 Å². The average molecular weight is 510 g/mol. The number of carbonyl (C=O) groups is 1. The highest BCUT2D eigenvalue weighted by Gasteiger charge is 2.24. The third-order valence-electron chi connectivity index (χ3n) is 6.27. The minimum atomic E-state index is -1.14. The predicted molar refractivity (Wildman–Crippen MR) is 140 cm³/mol. The van der Waals surface area contributed by atoms with Gasteiger partial charge in [0.15, 0.2) is 5.65 Å². The minimum Gasteiger partial charge on any atom is -0.476 e. The summed E-state index contributed by atoms with van der Waals surface area (Å²) in [7, 11) is 0.588. The molecule has 4 heterocycles. The average Bonchev–Trinajstić information content (AvgIpc) is 3.48. The number of aromatic carboxylic acids is 1. The molecule has 5 rings (SSSR count). The Balaban J connectivity index is 1.41. The second kappa shape index (κ2) is 8.81. The van der Waals surface area contributed by atoms with E-state index in [0.29, 0.717) is 34.4 Å². The van der Waals surface area contributed by atoms with Crippen LogP contribution in [0.15, 0.2) is 34.2 Å². The fourth-order valence-corrected chi connectivity index (χ4v) is 6.03. The minimum absolute atomic E-state index is 0.00479. The molecule has 3 aromatic heterocycles. The fraction of sp³-hybridized carbons (Fsp3) is 0.375. The summed E-state index contributed by atoms with van der Waals surface area (Å²) < 4.78 is 9.68. The Hall–Kier alpha value is -3.15. The highest BCUT2D eigenvalue weighted by atomic mass is 32.1. The van der Waals surface area contributed by atoms with E-state index in [1.54, 1.807) is 17.8 Å². The number of fused-ring (bicyclic) bond motifs is 4. The molecule has 182 valence electrons. The van der Waals surface area contributed by atoms with Crippen LogP contribution >= 0.6 is 11.3 Å². The number of nitrogens with zero attached hydrogens (tertiary/aromatic N) is 5. The molecule has 1 N–H and O–H groups in total. The number of aliphatic imine (C=N–C) groups is 1. The second-order valence-corrected chi connectivity index (χ2v) is 16.6. The Morgan fingerprint density at radius 1 is 1.29 bits per heavy atom. The molecular formula is C24H27N5O4SSi. The molecule has 0 amide bonds. The summed E-state index contributed by atoms with van der Waals surface area (Å²) in [6, 6.07) is 7.12. The lowest BCUT2D eigenvalue weighted by Crippen LogP contribution is -2.25. The van der Waals surface area contributed by atoms with Crippen LogP contribution in [0.1, 0.15) is 32.5 Å². The summed E-state index contributed by atoms with van der Waals surface area (Å²) in [5.41, 5.74) is 3.78. The molecule has 1 unspecified atom stereocenters. The maximum Gasteiger partial charge on any atom is 0.365 e. The van der Waals surface area contributed by atoms with Crippen molar-refractivity contribution in [3.63, 3.8) is 0 Å². The topological polar surface area (TPSA) is 112 Å². The van der Waals surface area contributed by atoms with Crippen LogP contribution in [-0.2, 0) is 18.3 Å². The number of ether oxygens (including phenoxy) is 1. The van der Waals surface area contributed by atoms with Crippen molar-refractivity contribution in [3.05, 3.63) is 56.4 Å². The zero-order valence-corrected chi connectivity index (χ0v) is 21.9. The number of rotatable bonds is 8. The Bertz CT molecular complexity index is 1550. The van der Waals surface area contributed by atoms with Crippen LogP contribution < -0.4 is 5.56 Å². The van der Waals surface area contributed by atoms with Crippen molar-refractivity contribution in [1.29, 1.82) is 0 Å². The lowest BCUT2D eigenvalue weighted by molar-refractivity contribution is 0.0696. The molecule has 1 atom stereocenters. The summed E-state index contributed by atoms with van der Waals surface area (Å²) in [4.78, 5) is 33.5. The van der Waals surface area contributed by atoms with Gasteiger partial charge in [0.1, 0.15) is 5.52 Å². The monoisotopic (exact) mass is 509 g/mol. The van der Waals surface area contributed by atoms with E-state index in [9.17, 15) is 14.7 Å². The van der Waals surface area contributed by atoms with E-state index >= 15 is 0 Å². The molecule has 1 aliphatic rings. The molecule has 0 aliphatic carbocycles. The maximum absolute atomic E-state index is 13.3. The van der Waals surface area contributed by atoms with E-state index in [4.69, 9.17) is 4.74 Å². The summed E-state index contributed by atoms with van der Waals surface area (Å²) in [5.74, 6) is -1.08. The number of aromatic nitrogens is 4. The number of hydrogen-bond acceptors (Lipinski definition) is 7. The number of aryl methyl sites for hydroxylation is 1. The highest BCUT2D eigenvalue weighted by molar-refractivity contribution is 7.21. The number of carboxylic acids is 1. The van der Waals surface area contributed by atoms with E-state index in [1.165, 1.54) is 4.68 Å². The van der Waals surface area contributed by atoms with Gasteiger partial charge < -0.3 is 14.4 Å². The first-order valence-electron chi connectivity index (χ1n) is 11.4. The van der Waals surface area contributed by atoms with Crippen molar-refractivity contribution in [2.75, 3.05) is 13.2 Å². The molecule has 35 heavy (non-hydrogen) atoms. The van der Waals surface area contributed by atoms with Crippen LogP contribution in [0.25, 0.3) is 21.3 Å². The van der Waals surface area contributed by atoms with Crippen LogP contribution in [0.2, 0.25) is 25.7 Å². The number of hydrogen-bond donors (Lipinski definition) is 1. The largest absolute Gasteiger partial charge is 0.476 e. The summed E-state index contributed by atoms with van der Waals surface area (Å²) in [6.45, 7) is 8.62. The van der Waals surface area contributed by atoms with E-state index in [-0.39, 0.29) is 16.6 Å². The summed E-state index contributed by atoms with van der Waals surface area (Å²) in [6.07, 6.45) is 3.49. The summed E-state index contributed by atoms with van der Waals surface area (Å²) >= 11 is 1.05. The summed E-state index contributed by atoms with van der Waals surface area (Å²) in [5, 5.41) is 14.3. The van der Waals surface area contributed by atoms with E-state index in [2.05, 4.69) is 40.8 Å². The van der Waals surface area contributed by atoms with Gasteiger partial charge in [0.25, 0.3) is 5.56 Å². The van der Waals surface area contributed by atoms with Crippen molar-refractivity contribution in [3.8, 4) is 0 Å². The highest BCUT2D eigenvalue weighted by Crippen LogP contribution is 2.32. The molecule has 0 radical (unpaired) electrons. The lowest BCUT2D eigenvalue weighted by atomic mass is 9.99. The molecule has 0 saturated heterocycles. The molecule has 9 nitrogen and oxygen atoms in total. The molecule has 0 saturated carbocycles. The van der Waals surface area contributed by atoms with Gasteiger partial charge in [-0.2, -0.15) is 5.10 Å². The zero-order valence-electron chi connectivity index (χ0n) is 20.1. The van der Waals surface area contributed by atoms with Gasteiger partial charge in [-0.05, 0) is 17.2 Å².